The van der Waals surface area contributed by atoms with Gasteiger partial charge in [0.2, 0.25) is 0 Å². The minimum absolute atomic E-state index is 0.243. The van der Waals surface area contributed by atoms with E-state index >= 15 is 0 Å². The highest BCUT2D eigenvalue weighted by molar-refractivity contribution is 7.17. The highest BCUT2D eigenvalue weighted by Gasteiger charge is 2.28. The highest BCUT2D eigenvalue weighted by Crippen LogP contribution is 2.39. The van der Waals surface area contributed by atoms with Crippen molar-refractivity contribution in [3.05, 3.63) is 33.0 Å². The average molecular weight is 346 g/mol. The number of anilines is 1. The van der Waals surface area contributed by atoms with Crippen molar-refractivity contribution in [3.8, 4) is 0 Å². The smallest absolute Gasteiger partial charge is 0.260 e. The van der Waals surface area contributed by atoms with Crippen molar-refractivity contribution in [1.82, 2.24) is 9.78 Å². The Bertz CT molecular complexity index is 834. The SMILES string of the molecule is Cc1nn(C)c(C)c1C(=O)Nc1sc2c(c1C(N)=O)CC[C@H](C)C2. The van der Waals surface area contributed by atoms with E-state index in [1.807, 2.05) is 6.92 Å². The number of aryl methyl sites for hydroxylation is 2. The number of carbonyl (C=O) groups is 2. The molecule has 24 heavy (non-hydrogen) atoms. The summed E-state index contributed by atoms with van der Waals surface area (Å²) in [4.78, 5) is 25.8. The van der Waals surface area contributed by atoms with Crippen LogP contribution < -0.4 is 11.1 Å². The summed E-state index contributed by atoms with van der Waals surface area (Å²) in [6.07, 6.45) is 2.81. The van der Waals surface area contributed by atoms with Crippen molar-refractivity contribution in [2.75, 3.05) is 5.32 Å². The first-order chi connectivity index (χ1) is 11.3. The van der Waals surface area contributed by atoms with Crippen LogP contribution in [0.1, 0.15) is 55.9 Å². The fourth-order valence-corrected chi connectivity index (χ4v) is 4.78. The van der Waals surface area contributed by atoms with Crippen LogP contribution in [0.25, 0.3) is 0 Å². The monoisotopic (exact) mass is 346 g/mol. The molecule has 1 atom stereocenters. The number of nitrogens with zero attached hydrogens (tertiary/aromatic N) is 2. The standard InChI is InChI=1S/C17H22N4O2S/c1-8-5-6-11-12(7-8)24-17(14(11)15(18)22)19-16(23)13-9(2)20-21(4)10(13)3/h8H,5-7H2,1-4H3,(H2,18,22)(H,19,23)/t8-/m0/s1. The van der Waals surface area contributed by atoms with Gasteiger partial charge in [0.25, 0.3) is 11.8 Å². The Labute approximate surface area is 145 Å². The maximum atomic E-state index is 12.7. The number of hydrogen-bond donors (Lipinski definition) is 2. The summed E-state index contributed by atoms with van der Waals surface area (Å²) in [7, 11) is 1.80. The first-order valence-electron chi connectivity index (χ1n) is 8.05. The Morgan fingerprint density at radius 1 is 1.33 bits per heavy atom. The van der Waals surface area contributed by atoms with Gasteiger partial charge in [0.05, 0.1) is 16.8 Å². The Morgan fingerprint density at radius 3 is 2.62 bits per heavy atom. The van der Waals surface area contributed by atoms with Crippen molar-refractivity contribution < 1.29 is 9.59 Å². The molecule has 0 unspecified atom stereocenters. The molecular formula is C17H22N4O2S. The van der Waals surface area contributed by atoms with Gasteiger partial charge in [0.15, 0.2) is 0 Å². The summed E-state index contributed by atoms with van der Waals surface area (Å²) >= 11 is 1.48. The van der Waals surface area contributed by atoms with Gasteiger partial charge in [0, 0.05) is 17.6 Å². The zero-order chi connectivity index (χ0) is 17.6. The number of primary amides is 1. The maximum absolute atomic E-state index is 12.7. The van der Waals surface area contributed by atoms with Crippen LogP contribution in [0.4, 0.5) is 5.00 Å². The largest absolute Gasteiger partial charge is 0.365 e. The van der Waals surface area contributed by atoms with Crippen LogP contribution in [0.3, 0.4) is 0 Å². The van der Waals surface area contributed by atoms with Crippen molar-refractivity contribution in [2.24, 2.45) is 18.7 Å². The van der Waals surface area contributed by atoms with Crippen LogP contribution in [0.15, 0.2) is 0 Å². The lowest BCUT2D eigenvalue weighted by Crippen LogP contribution is -2.20. The second kappa shape index (κ2) is 6.05. The van der Waals surface area contributed by atoms with Crippen LogP contribution in [0, 0.1) is 19.8 Å². The van der Waals surface area contributed by atoms with Crippen LogP contribution in [-0.2, 0) is 19.9 Å². The molecule has 0 aliphatic heterocycles. The molecule has 3 rings (SSSR count). The minimum Gasteiger partial charge on any atom is -0.365 e. The molecule has 0 saturated carbocycles. The predicted octanol–water partition coefficient (Wildman–Crippen LogP) is 2.57. The molecule has 1 aliphatic carbocycles. The first kappa shape index (κ1) is 16.7. The third-order valence-corrected chi connectivity index (χ3v) is 5.89. The number of rotatable bonds is 3. The summed E-state index contributed by atoms with van der Waals surface area (Å²) in [5.41, 5.74) is 9.10. The van der Waals surface area contributed by atoms with Crippen molar-refractivity contribution in [2.45, 2.75) is 40.0 Å². The molecule has 0 spiro atoms. The molecule has 0 fully saturated rings. The predicted molar refractivity (Wildman–Crippen MR) is 94.7 cm³/mol. The molecule has 2 aromatic heterocycles. The number of amides is 2. The molecule has 0 bridgehead atoms. The normalized spacial score (nSPS) is 16.8. The molecule has 3 N–H and O–H groups in total. The lowest BCUT2D eigenvalue weighted by atomic mass is 9.88. The maximum Gasteiger partial charge on any atom is 0.260 e. The summed E-state index contributed by atoms with van der Waals surface area (Å²) in [6.45, 7) is 5.86. The Hall–Kier alpha value is -2.15. The summed E-state index contributed by atoms with van der Waals surface area (Å²) < 4.78 is 1.68. The zero-order valence-electron chi connectivity index (χ0n) is 14.4. The molecule has 7 heteroatoms. The number of aromatic nitrogens is 2. The third kappa shape index (κ3) is 2.73. The van der Waals surface area contributed by atoms with Gasteiger partial charge in [0.1, 0.15) is 5.00 Å². The van der Waals surface area contributed by atoms with Crippen molar-refractivity contribution in [1.29, 1.82) is 0 Å². The Balaban J connectivity index is 1.98. The van der Waals surface area contributed by atoms with Gasteiger partial charge in [-0.3, -0.25) is 14.3 Å². The van der Waals surface area contributed by atoms with Gasteiger partial charge >= 0.3 is 0 Å². The summed E-state index contributed by atoms with van der Waals surface area (Å²) in [6, 6.07) is 0. The summed E-state index contributed by atoms with van der Waals surface area (Å²) in [5.74, 6) is -0.132. The van der Waals surface area contributed by atoms with E-state index in [0.717, 1.165) is 35.4 Å². The van der Waals surface area contributed by atoms with Gasteiger partial charge < -0.3 is 11.1 Å². The van der Waals surface area contributed by atoms with E-state index in [0.29, 0.717) is 27.7 Å². The lowest BCUT2D eigenvalue weighted by molar-refractivity contribution is 0.1000. The molecular weight excluding hydrogens is 324 g/mol. The van der Waals surface area contributed by atoms with Crippen LogP contribution in [0.2, 0.25) is 0 Å². The summed E-state index contributed by atoms with van der Waals surface area (Å²) in [5, 5.41) is 7.74. The highest BCUT2D eigenvalue weighted by atomic mass is 32.1. The van der Waals surface area contributed by atoms with Gasteiger partial charge in [-0.05, 0) is 44.6 Å². The molecule has 2 heterocycles. The fourth-order valence-electron chi connectivity index (χ4n) is 3.37. The minimum atomic E-state index is -0.475. The number of nitrogens with one attached hydrogen (secondary N) is 1. The lowest BCUT2D eigenvalue weighted by Gasteiger charge is -2.18. The molecule has 2 amide bonds. The van der Waals surface area contributed by atoms with E-state index in [9.17, 15) is 9.59 Å². The number of fused-ring (bicyclic) bond motifs is 1. The van der Waals surface area contributed by atoms with E-state index < -0.39 is 5.91 Å². The van der Waals surface area contributed by atoms with Gasteiger partial charge in [-0.1, -0.05) is 6.92 Å². The Kier molecular flexibility index (Phi) is 4.21. The van der Waals surface area contributed by atoms with Gasteiger partial charge in [-0.25, -0.2) is 0 Å². The number of carbonyl (C=O) groups excluding carboxylic acids is 2. The van der Waals surface area contributed by atoms with E-state index in [-0.39, 0.29) is 5.91 Å². The first-order valence-corrected chi connectivity index (χ1v) is 8.87. The van der Waals surface area contributed by atoms with E-state index in [4.69, 9.17) is 5.73 Å². The van der Waals surface area contributed by atoms with Crippen molar-refractivity contribution >= 4 is 28.2 Å². The molecule has 2 aromatic rings. The Morgan fingerprint density at radius 2 is 2.04 bits per heavy atom. The van der Waals surface area contributed by atoms with E-state index in [1.54, 1.807) is 18.7 Å². The topological polar surface area (TPSA) is 90.0 Å². The number of hydrogen-bond acceptors (Lipinski definition) is 4. The zero-order valence-corrected chi connectivity index (χ0v) is 15.2. The van der Waals surface area contributed by atoms with E-state index in [2.05, 4.69) is 17.3 Å². The van der Waals surface area contributed by atoms with Crippen LogP contribution in [0.5, 0.6) is 0 Å². The number of thiophene rings is 1. The van der Waals surface area contributed by atoms with Crippen LogP contribution in [-0.4, -0.2) is 21.6 Å². The molecule has 0 saturated heterocycles. The van der Waals surface area contributed by atoms with Gasteiger partial charge in [-0.2, -0.15) is 5.10 Å². The van der Waals surface area contributed by atoms with Crippen molar-refractivity contribution in [3.63, 3.8) is 0 Å². The second-order valence-corrected chi connectivity index (χ2v) is 7.65. The third-order valence-electron chi connectivity index (χ3n) is 4.72. The van der Waals surface area contributed by atoms with E-state index in [1.165, 1.54) is 11.3 Å². The number of nitrogens with two attached hydrogens (primary N) is 1. The molecule has 6 nitrogen and oxygen atoms in total. The fraction of sp³-hybridized carbons (Fsp3) is 0.471. The molecule has 128 valence electrons. The molecule has 0 radical (unpaired) electrons. The quantitative estimate of drug-likeness (QED) is 0.895. The van der Waals surface area contributed by atoms with Gasteiger partial charge in [-0.15, -0.1) is 11.3 Å². The molecule has 0 aromatic carbocycles. The van der Waals surface area contributed by atoms with Crippen LogP contribution >= 0.6 is 11.3 Å². The molecule has 1 aliphatic rings. The second-order valence-electron chi connectivity index (χ2n) is 6.54. The average Bonchev–Trinajstić information content (AvgIpc) is 2.95.